The normalized spacial score (nSPS) is 13.8. The van der Waals surface area contributed by atoms with Gasteiger partial charge in [0, 0.05) is 19.7 Å². The van der Waals surface area contributed by atoms with E-state index in [2.05, 4.69) is 0 Å². The van der Waals surface area contributed by atoms with Crippen LogP contribution in [0.15, 0.2) is 48.5 Å². The summed E-state index contributed by atoms with van der Waals surface area (Å²) in [6, 6.07) is 12.4. The second-order valence-corrected chi connectivity index (χ2v) is 6.62. The van der Waals surface area contributed by atoms with Gasteiger partial charge in [-0.2, -0.15) is 0 Å². The van der Waals surface area contributed by atoms with Crippen LogP contribution in [0.1, 0.15) is 22.8 Å². The molecule has 150 valence electrons. The van der Waals surface area contributed by atoms with Crippen LogP contribution in [0.2, 0.25) is 0 Å². The second-order valence-electron chi connectivity index (χ2n) is 6.62. The van der Waals surface area contributed by atoms with Crippen molar-refractivity contribution >= 4 is 29.4 Å². The van der Waals surface area contributed by atoms with Crippen molar-refractivity contribution < 1.29 is 23.9 Å². The van der Waals surface area contributed by atoms with Crippen LogP contribution in [-0.4, -0.2) is 54.3 Å². The van der Waals surface area contributed by atoms with Crippen molar-refractivity contribution in [3.8, 4) is 5.75 Å². The molecule has 1 saturated heterocycles. The number of anilines is 1. The van der Waals surface area contributed by atoms with Crippen LogP contribution < -0.4 is 9.64 Å². The summed E-state index contributed by atoms with van der Waals surface area (Å²) in [5.74, 6) is -1.73. The van der Waals surface area contributed by atoms with Gasteiger partial charge in [0.25, 0.3) is 5.91 Å². The quantitative estimate of drug-likeness (QED) is 0.553. The summed E-state index contributed by atoms with van der Waals surface area (Å²) in [6.07, 6.45) is 0. The molecule has 8 heteroatoms. The number of amides is 5. The number of nitrogens with zero attached hydrogens (tertiary/aromatic N) is 3. The van der Waals surface area contributed by atoms with E-state index < -0.39 is 17.8 Å². The minimum absolute atomic E-state index is 0.120. The molecule has 0 radical (unpaired) electrons. The average Bonchev–Trinajstić information content (AvgIpc) is 2.91. The molecule has 29 heavy (non-hydrogen) atoms. The zero-order valence-electron chi connectivity index (χ0n) is 16.4. The van der Waals surface area contributed by atoms with Crippen molar-refractivity contribution in [2.24, 2.45) is 0 Å². The first-order valence-electron chi connectivity index (χ1n) is 9.07. The number of imide groups is 2. The van der Waals surface area contributed by atoms with Crippen molar-refractivity contribution in [3.05, 3.63) is 59.7 Å². The van der Waals surface area contributed by atoms with Crippen molar-refractivity contribution in [1.82, 2.24) is 9.80 Å². The van der Waals surface area contributed by atoms with Gasteiger partial charge in [-0.3, -0.25) is 19.3 Å². The van der Waals surface area contributed by atoms with Gasteiger partial charge in [0.05, 0.1) is 18.8 Å². The van der Waals surface area contributed by atoms with Gasteiger partial charge in [0.15, 0.2) is 0 Å². The molecule has 1 heterocycles. The number of ether oxygens (including phenoxy) is 1. The number of carbonyl (C=O) groups excluding carboxylic acids is 4. The molecule has 3 rings (SSSR count). The fraction of sp³-hybridized carbons (Fsp3) is 0.238. The average molecular weight is 395 g/mol. The van der Waals surface area contributed by atoms with Crippen LogP contribution in [0.5, 0.6) is 5.75 Å². The summed E-state index contributed by atoms with van der Waals surface area (Å²) in [6.45, 7) is 2.01. The maximum atomic E-state index is 12.9. The van der Waals surface area contributed by atoms with E-state index in [4.69, 9.17) is 4.74 Å². The Morgan fingerprint density at radius 3 is 2.41 bits per heavy atom. The van der Waals surface area contributed by atoms with Gasteiger partial charge in [-0.1, -0.05) is 24.3 Å². The fourth-order valence-electron chi connectivity index (χ4n) is 3.02. The first-order valence-corrected chi connectivity index (χ1v) is 9.07. The standard InChI is InChI=1S/C21H21N3O5/c1-4-29-17-11-6-5-10-16(17)24-20(27)19(26)23(21(24)28)13-14-8-7-9-15(12-14)18(25)22(2)3/h5-12H,4,13H2,1-3H3. The topological polar surface area (TPSA) is 87.2 Å². The molecule has 0 bridgehead atoms. The van der Waals surface area contributed by atoms with Crippen LogP contribution in [0.4, 0.5) is 10.5 Å². The van der Waals surface area contributed by atoms with Crippen LogP contribution >= 0.6 is 0 Å². The number of hydrogen-bond acceptors (Lipinski definition) is 5. The molecule has 1 fully saturated rings. The number of rotatable bonds is 6. The third-order valence-electron chi connectivity index (χ3n) is 4.38. The lowest BCUT2D eigenvalue weighted by Crippen LogP contribution is -2.33. The third-order valence-corrected chi connectivity index (χ3v) is 4.38. The van der Waals surface area contributed by atoms with Crippen LogP contribution in [0.3, 0.4) is 0 Å². The Morgan fingerprint density at radius 1 is 1.00 bits per heavy atom. The van der Waals surface area contributed by atoms with Crippen LogP contribution in [-0.2, 0) is 16.1 Å². The molecule has 5 amide bonds. The van der Waals surface area contributed by atoms with Gasteiger partial charge in [-0.05, 0) is 36.8 Å². The first kappa shape index (κ1) is 20.1. The van der Waals surface area contributed by atoms with E-state index in [1.165, 1.54) is 4.90 Å². The van der Waals surface area contributed by atoms with Gasteiger partial charge >= 0.3 is 17.8 Å². The molecule has 0 saturated carbocycles. The van der Waals surface area contributed by atoms with Gasteiger partial charge in [0.1, 0.15) is 5.75 Å². The molecule has 2 aromatic rings. The minimum Gasteiger partial charge on any atom is -0.492 e. The predicted molar refractivity (Wildman–Crippen MR) is 106 cm³/mol. The highest BCUT2D eigenvalue weighted by Crippen LogP contribution is 2.32. The smallest absolute Gasteiger partial charge is 0.339 e. The Hall–Kier alpha value is -3.68. The molecule has 0 unspecified atom stereocenters. The van der Waals surface area contributed by atoms with Crippen molar-refractivity contribution in [2.45, 2.75) is 13.5 Å². The van der Waals surface area contributed by atoms with Crippen molar-refractivity contribution in [2.75, 3.05) is 25.6 Å². The second kappa shape index (κ2) is 8.14. The maximum absolute atomic E-state index is 12.9. The van der Waals surface area contributed by atoms with E-state index in [-0.39, 0.29) is 18.1 Å². The number of urea groups is 1. The number of benzene rings is 2. The summed E-state index contributed by atoms with van der Waals surface area (Å²) >= 11 is 0. The van der Waals surface area contributed by atoms with Gasteiger partial charge < -0.3 is 9.64 Å². The van der Waals surface area contributed by atoms with E-state index >= 15 is 0 Å². The Bertz CT molecular complexity index is 986. The highest BCUT2D eigenvalue weighted by molar-refractivity contribution is 6.52. The lowest BCUT2D eigenvalue weighted by Gasteiger charge is -2.18. The Morgan fingerprint density at radius 2 is 1.72 bits per heavy atom. The zero-order chi connectivity index (χ0) is 21.1. The Labute approximate surface area is 168 Å². The van der Waals surface area contributed by atoms with Crippen molar-refractivity contribution in [3.63, 3.8) is 0 Å². The summed E-state index contributed by atoms with van der Waals surface area (Å²) in [5, 5.41) is 0. The lowest BCUT2D eigenvalue weighted by atomic mass is 10.1. The molecule has 1 aliphatic rings. The van der Waals surface area contributed by atoms with E-state index in [0.717, 1.165) is 9.80 Å². The SMILES string of the molecule is CCOc1ccccc1N1C(=O)C(=O)N(Cc2cccc(C(=O)N(C)C)c2)C1=O. The van der Waals surface area contributed by atoms with E-state index in [9.17, 15) is 19.2 Å². The van der Waals surface area contributed by atoms with E-state index in [0.29, 0.717) is 23.5 Å². The van der Waals surface area contributed by atoms with Crippen LogP contribution in [0, 0.1) is 0 Å². The fourth-order valence-corrected chi connectivity index (χ4v) is 3.02. The van der Waals surface area contributed by atoms with E-state index in [1.54, 1.807) is 69.6 Å². The molecular formula is C21H21N3O5. The van der Waals surface area contributed by atoms with Crippen molar-refractivity contribution in [1.29, 1.82) is 0 Å². The molecule has 2 aromatic carbocycles. The Kier molecular flexibility index (Phi) is 5.63. The molecule has 0 N–H and O–H groups in total. The predicted octanol–water partition coefficient (Wildman–Crippen LogP) is 2.28. The minimum atomic E-state index is -0.942. The zero-order valence-corrected chi connectivity index (χ0v) is 16.4. The monoisotopic (exact) mass is 395 g/mol. The van der Waals surface area contributed by atoms with Crippen LogP contribution in [0.25, 0.3) is 0 Å². The summed E-state index contributed by atoms with van der Waals surface area (Å²) in [7, 11) is 3.27. The molecule has 0 atom stereocenters. The van der Waals surface area contributed by atoms with Gasteiger partial charge in [-0.15, -0.1) is 0 Å². The first-order chi connectivity index (χ1) is 13.8. The Balaban J connectivity index is 1.89. The molecule has 1 aliphatic heterocycles. The molecule has 8 nitrogen and oxygen atoms in total. The number of hydrogen-bond donors (Lipinski definition) is 0. The lowest BCUT2D eigenvalue weighted by molar-refractivity contribution is -0.139. The highest BCUT2D eigenvalue weighted by atomic mass is 16.5. The highest BCUT2D eigenvalue weighted by Gasteiger charge is 2.46. The summed E-state index contributed by atoms with van der Waals surface area (Å²) in [4.78, 5) is 53.2. The van der Waals surface area contributed by atoms with E-state index in [1.807, 2.05) is 0 Å². The maximum Gasteiger partial charge on any atom is 0.339 e. The molecular weight excluding hydrogens is 374 g/mol. The third kappa shape index (κ3) is 3.82. The number of carbonyl (C=O) groups is 4. The largest absolute Gasteiger partial charge is 0.492 e. The molecule has 0 aromatic heterocycles. The molecule has 0 spiro atoms. The molecule has 0 aliphatic carbocycles. The summed E-state index contributed by atoms with van der Waals surface area (Å²) in [5.41, 5.74) is 1.21. The number of para-hydroxylation sites is 2. The van der Waals surface area contributed by atoms with Gasteiger partial charge in [0.2, 0.25) is 0 Å². The summed E-state index contributed by atoms with van der Waals surface area (Å²) < 4.78 is 5.48. The van der Waals surface area contributed by atoms with Gasteiger partial charge in [-0.25, -0.2) is 9.69 Å².